The summed E-state index contributed by atoms with van der Waals surface area (Å²) in [5, 5.41) is 2.19. The highest BCUT2D eigenvalue weighted by atomic mass is 32.1. The third-order valence-corrected chi connectivity index (χ3v) is 7.13. The van der Waals surface area contributed by atoms with Crippen LogP contribution in [-0.2, 0) is 6.54 Å². The predicted octanol–water partition coefficient (Wildman–Crippen LogP) is 4.40. The van der Waals surface area contributed by atoms with Crippen molar-refractivity contribution in [1.82, 2.24) is 4.90 Å². The van der Waals surface area contributed by atoms with Crippen molar-refractivity contribution >= 4 is 11.3 Å². The van der Waals surface area contributed by atoms with Gasteiger partial charge in [0.15, 0.2) is 0 Å². The van der Waals surface area contributed by atoms with Crippen LogP contribution in [0.1, 0.15) is 63.2 Å². The molecular weight excluding hydrogens is 276 g/mol. The normalized spacial score (nSPS) is 24.0. The van der Waals surface area contributed by atoms with Gasteiger partial charge in [-0.25, -0.2) is 0 Å². The van der Waals surface area contributed by atoms with Gasteiger partial charge < -0.3 is 5.73 Å². The Morgan fingerprint density at radius 1 is 1.14 bits per heavy atom. The van der Waals surface area contributed by atoms with Crippen LogP contribution in [0.25, 0.3) is 0 Å². The number of rotatable bonds is 5. The number of hydrogen-bond donors (Lipinski definition) is 1. The number of nitrogens with two attached hydrogens (primary N) is 1. The van der Waals surface area contributed by atoms with Crippen molar-refractivity contribution in [3.05, 3.63) is 22.4 Å². The first-order valence-corrected chi connectivity index (χ1v) is 9.57. The molecule has 0 aromatic carbocycles. The third-order valence-electron chi connectivity index (χ3n) is 6.26. The molecule has 118 valence electrons. The van der Waals surface area contributed by atoms with Crippen molar-refractivity contribution in [3.63, 3.8) is 0 Å². The summed E-state index contributed by atoms with van der Waals surface area (Å²) in [7, 11) is 0. The third kappa shape index (κ3) is 3.06. The van der Waals surface area contributed by atoms with Gasteiger partial charge in [-0.1, -0.05) is 25.8 Å². The molecule has 2 fully saturated rings. The Labute approximate surface area is 133 Å². The molecular formula is C18H30N2S. The summed E-state index contributed by atoms with van der Waals surface area (Å²) in [5.41, 5.74) is 7.24. The second-order valence-electron chi connectivity index (χ2n) is 7.23. The van der Waals surface area contributed by atoms with Gasteiger partial charge >= 0.3 is 0 Å². The maximum atomic E-state index is 6.29. The Kier molecular flexibility index (Phi) is 4.72. The highest BCUT2D eigenvalue weighted by Crippen LogP contribution is 2.52. The molecule has 1 spiro atoms. The average molecular weight is 307 g/mol. The Bertz CT molecular complexity index is 424. The number of thiophene rings is 1. The van der Waals surface area contributed by atoms with E-state index in [0.29, 0.717) is 5.41 Å². The fourth-order valence-corrected chi connectivity index (χ4v) is 5.45. The first-order chi connectivity index (χ1) is 10.2. The Balaban J connectivity index is 1.70. The summed E-state index contributed by atoms with van der Waals surface area (Å²) < 4.78 is 0. The molecule has 0 atom stereocenters. The van der Waals surface area contributed by atoms with Gasteiger partial charge in [-0.15, -0.1) is 11.3 Å². The van der Waals surface area contributed by atoms with Crippen molar-refractivity contribution < 1.29 is 0 Å². The zero-order chi connectivity index (χ0) is 14.8. The van der Waals surface area contributed by atoms with E-state index in [1.807, 2.05) is 11.3 Å². The van der Waals surface area contributed by atoms with E-state index in [4.69, 9.17) is 5.73 Å². The lowest BCUT2D eigenvalue weighted by Crippen LogP contribution is -2.56. The van der Waals surface area contributed by atoms with Gasteiger partial charge in [-0.3, -0.25) is 4.90 Å². The van der Waals surface area contributed by atoms with E-state index >= 15 is 0 Å². The molecule has 2 aliphatic carbocycles. The summed E-state index contributed by atoms with van der Waals surface area (Å²) in [6.07, 6.45) is 11.3. The Morgan fingerprint density at radius 2 is 1.86 bits per heavy atom. The monoisotopic (exact) mass is 306 g/mol. The van der Waals surface area contributed by atoms with Gasteiger partial charge in [-0.05, 0) is 61.9 Å². The average Bonchev–Trinajstić information content (AvgIpc) is 3.19. The largest absolute Gasteiger partial charge is 0.329 e. The van der Waals surface area contributed by atoms with Crippen LogP contribution in [0.2, 0.25) is 0 Å². The zero-order valence-corrected chi connectivity index (χ0v) is 14.3. The van der Waals surface area contributed by atoms with Gasteiger partial charge in [0.05, 0.1) is 0 Å². The molecule has 1 aromatic heterocycles. The molecule has 2 saturated carbocycles. The van der Waals surface area contributed by atoms with Crippen LogP contribution in [0.15, 0.2) is 17.5 Å². The van der Waals surface area contributed by atoms with Crippen LogP contribution in [0.3, 0.4) is 0 Å². The number of likely N-dealkylation sites (N-methyl/N-ethyl adjacent to an activating group) is 1. The highest BCUT2D eigenvalue weighted by molar-refractivity contribution is 7.09. The Morgan fingerprint density at radius 3 is 2.38 bits per heavy atom. The highest BCUT2D eigenvalue weighted by Gasteiger charge is 2.45. The topological polar surface area (TPSA) is 29.3 Å². The van der Waals surface area contributed by atoms with Gasteiger partial charge in [0.1, 0.15) is 0 Å². The smallest absolute Gasteiger partial charge is 0.0335 e. The van der Waals surface area contributed by atoms with E-state index in [2.05, 4.69) is 29.3 Å². The molecule has 1 heterocycles. The van der Waals surface area contributed by atoms with Crippen LogP contribution < -0.4 is 5.73 Å². The van der Waals surface area contributed by atoms with Crippen LogP contribution in [0.5, 0.6) is 0 Å². The van der Waals surface area contributed by atoms with Crippen molar-refractivity contribution in [2.45, 2.75) is 70.4 Å². The maximum absolute atomic E-state index is 6.29. The molecule has 0 saturated heterocycles. The minimum absolute atomic E-state index is 0.257. The van der Waals surface area contributed by atoms with Crippen LogP contribution in [0, 0.1) is 5.41 Å². The standard InChI is InChI=1S/C18H30N2S/c1-2-20(14-16-6-5-13-21-16)18(15-19)11-9-17(10-12-18)7-3-4-8-17/h5-6,13H,2-4,7-12,14-15,19H2,1H3. The molecule has 0 amide bonds. The summed E-state index contributed by atoms with van der Waals surface area (Å²) in [5.74, 6) is 0. The van der Waals surface area contributed by atoms with Crippen LogP contribution in [-0.4, -0.2) is 23.5 Å². The van der Waals surface area contributed by atoms with Gasteiger partial charge in [0.2, 0.25) is 0 Å². The number of hydrogen-bond acceptors (Lipinski definition) is 3. The summed E-state index contributed by atoms with van der Waals surface area (Å²) in [4.78, 5) is 4.14. The lowest BCUT2D eigenvalue weighted by Gasteiger charge is -2.50. The minimum Gasteiger partial charge on any atom is -0.329 e. The molecule has 1 aromatic rings. The van der Waals surface area contributed by atoms with E-state index in [1.165, 1.54) is 56.2 Å². The van der Waals surface area contributed by atoms with E-state index in [9.17, 15) is 0 Å². The van der Waals surface area contributed by atoms with Crippen molar-refractivity contribution in [3.8, 4) is 0 Å². The van der Waals surface area contributed by atoms with Gasteiger partial charge in [0.25, 0.3) is 0 Å². The minimum atomic E-state index is 0.257. The first-order valence-electron chi connectivity index (χ1n) is 8.70. The quantitative estimate of drug-likeness (QED) is 0.873. The van der Waals surface area contributed by atoms with E-state index in [1.54, 1.807) is 0 Å². The van der Waals surface area contributed by atoms with Crippen molar-refractivity contribution in [1.29, 1.82) is 0 Å². The second-order valence-corrected chi connectivity index (χ2v) is 8.26. The molecule has 0 radical (unpaired) electrons. The molecule has 0 bridgehead atoms. The molecule has 0 aliphatic heterocycles. The lowest BCUT2D eigenvalue weighted by molar-refractivity contribution is 0.0122. The zero-order valence-electron chi connectivity index (χ0n) is 13.4. The van der Waals surface area contributed by atoms with E-state index < -0.39 is 0 Å². The fraction of sp³-hybridized carbons (Fsp3) is 0.778. The summed E-state index contributed by atoms with van der Waals surface area (Å²) in [6.45, 7) is 5.31. The van der Waals surface area contributed by atoms with E-state index in [-0.39, 0.29) is 5.54 Å². The fourth-order valence-electron chi connectivity index (χ4n) is 4.73. The number of nitrogens with zero attached hydrogens (tertiary/aromatic N) is 1. The molecule has 2 nitrogen and oxygen atoms in total. The first kappa shape index (κ1) is 15.5. The Hall–Kier alpha value is -0.380. The van der Waals surface area contributed by atoms with E-state index in [0.717, 1.165) is 19.6 Å². The molecule has 2 aliphatic rings. The van der Waals surface area contributed by atoms with Crippen LogP contribution >= 0.6 is 11.3 Å². The molecule has 3 heteroatoms. The SMILES string of the molecule is CCN(Cc1cccs1)C1(CN)CCC2(CCCC2)CC1. The van der Waals surface area contributed by atoms with Crippen LogP contribution in [0.4, 0.5) is 0 Å². The molecule has 21 heavy (non-hydrogen) atoms. The summed E-state index contributed by atoms with van der Waals surface area (Å²) >= 11 is 1.88. The molecule has 0 unspecified atom stereocenters. The maximum Gasteiger partial charge on any atom is 0.0335 e. The summed E-state index contributed by atoms with van der Waals surface area (Å²) in [6, 6.07) is 4.43. The van der Waals surface area contributed by atoms with Gasteiger partial charge in [-0.2, -0.15) is 0 Å². The second kappa shape index (κ2) is 6.39. The van der Waals surface area contributed by atoms with Crippen molar-refractivity contribution in [2.75, 3.05) is 13.1 Å². The van der Waals surface area contributed by atoms with Gasteiger partial charge in [0, 0.05) is 23.5 Å². The lowest BCUT2D eigenvalue weighted by atomic mass is 9.66. The predicted molar refractivity (Wildman–Crippen MR) is 91.6 cm³/mol. The molecule has 2 N–H and O–H groups in total. The molecule has 3 rings (SSSR count). The van der Waals surface area contributed by atoms with Crippen molar-refractivity contribution in [2.24, 2.45) is 11.1 Å².